The summed E-state index contributed by atoms with van der Waals surface area (Å²) in [5.41, 5.74) is 9.48. The minimum Gasteiger partial charge on any atom is -0.345 e. The van der Waals surface area contributed by atoms with Gasteiger partial charge in [0, 0.05) is 26.2 Å². The van der Waals surface area contributed by atoms with Crippen LogP contribution >= 0.6 is 0 Å². The van der Waals surface area contributed by atoms with Crippen LogP contribution in [0.25, 0.3) is 11.1 Å². The van der Waals surface area contributed by atoms with E-state index in [2.05, 4.69) is 0 Å². The van der Waals surface area contributed by atoms with Crippen LogP contribution in [0, 0.1) is 0 Å². The smallest absolute Gasteiger partial charge is 0.253 e. The molecular weight excluding hydrogens is 332 g/mol. The zero-order valence-corrected chi connectivity index (χ0v) is 19.3. The summed E-state index contributed by atoms with van der Waals surface area (Å²) in [5, 5.41) is 0. The van der Waals surface area contributed by atoms with E-state index in [0.29, 0.717) is 12.1 Å². The van der Waals surface area contributed by atoms with E-state index in [9.17, 15) is 4.79 Å². The molecule has 2 aromatic carbocycles. The second-order valence-corrected chi connectivity index (χ2v) is 4.61. The van der Waals surface area contributed by atoms with E-state index in [1.807, 2.05) is 104 Å². The summed E-state index contributed by atoms with van der Waals surface area (Å²) >= 11 is 0. The number of rotatable bonds is 3. The molecule has 0 saturated carbocycles. The molecule has 0 spiro atoms. The Morgan fingerprint density at radius 2 is 1.15 bits per heavy atom. The zero-order valence-electron chi connectivity index (χ0n) is 19.3. The highest BCUT2D eigenvalue weighted by Crippen LogP contribution is 2.27. The van der Waals surface area contributed by atoms with Gasteiger partial charge in [-0.2, -0.15) is 0 Å². The zero-order chi connectivity index (χ0) is 21.8. The van der Waals surface area contributed by atoms with Crippen molar-refractivity contribution in [2.45, 2.75) is 61.9 Å². The van der Waals surface area contributed by atoms with E-state index in [4.69, 9.17) is 5.73 Å². The van der Waals surface area contributed by atoms with E-state index in [1.165, 1.54) is 0 Å². The Bertz CT molecular complexity index is 592. The number of benzene rings is 2. The number of hydrogen-bond acceptors (Lipinski definition) is 2. The van der Waals surface area contributed by atoms with Crippen molar-refractivity contribution in [3.8, 4) is 11.1 Å². The second kappa shape index (κ2) is 20.2. The lowest BCUT2D eigenvalue weighted by atomic mass is 9.95. The van der Waals surface area contributed by atoms with Crippen LogP contribution in [0.3, 0.4) is 0 Å². The second-order valence-electron chi connectivity index (χ2n) is 4.61. The molecule has 0 aliphatic carbocycles. The van der Waals surface area contributed by atoms with Gasteiger partial charge < -0.3 is 10.6 Å². The standard InChI is InChI=1S/C16H18N2O.4C2H6/c1-18(2)16(19)15-10-6-5-9-14(15)13-8-4-3-7-12(13)11-17;4*1-2/h3-10H,11,17H2,1-2H3;4*1-2H3. The molecular formula is C24H42N2O. The molecule has 0 radical (unpaired) electrons. The van der Waals surface area contributed by atoms with Crippen LogP contribution in [0.2, 0.25) is 0 Å². The highest BCUT2D eigenvalue weighted by atomic mass is 16.2. The Kier molecular flexibility index (Phi) is 22.1. The summed E-state index contributed by atoms with van der Waals surface area (Å²) in [5.74, 6) is 0.00224. The molecule has 0 atom stereocenters. The van der Waals surface area contributed by atoms with Crippen LogP contribution < -0.4 is 5.73 Å². The van der Waals surface area contributed by atoms with Gasteiger partial charge in [-0.3, -0.25) is 4.79 Å². The average Bonchev–Trinajstić information content (AvgIpc) is 2.78. The summed E-state index contributed by atoms with van der Waals surface area (Å²) in [7, 11) is 3.52. The normalized spacial score (nSPS) is 8.11. The van der Waals surface area contributed by atoms with Crippen molar-refractivity contribution in [2.24, 2.45) is 5.73 Å². The van der Waals surface area contributed by atoms with Gasteiger partial charge in [0.1, 0.15) is 0 Å². The molecule has 2 aromatic rings. The minimum atomic E-state index is 0.00224. The maximum atomic E-state index is 12.2. The Morgan fingerprint density at radius 1 is 0.741 bits per heavy atom. The predicted octanol–water partition coefficient (Wildman–Crippen LogP) is 6.62. The van der Waals surface area contributed by atoms with E-state index >= 15 is 0 Å². The van der Waals surface area contributed by atoms with Crippen LogP contribution in [-0.4, -0.2) is 24.9 Å². The average molecular weight is 375 g/mol. The minimum absolute atomic E-state index is 0.00224. The summed E-state index contributed by atoms with van der Waals surface area (Å²) < 4.78 is 0. The van der Waals surface area contributed by atoms with Gasteiger partial charge in [0.05, 0.1) is 0 Å². The molecule has 0 aromatic heterocycles. The van der Waals surface area contributed by atoms with Gasteiger partial charge in [0.15, 0.2) is 0 Å². The summed E-state index contributed by atoms with van der Waals surface area (Å²) in [6, 6.07) is 15.6. The highest BCUT2D eigenvalue weighted by Gasteiger charge is 2.15. The third-order valence-corrected chi connectivity index (χ3v) is 3.09. The van der Waals surface area contributed by atoms with Crippen molar-refractivity contribution >= 4 is 5.91 Å². The lowest BCUT2D eigenvalue weighted by Gasteiger charge is -2.15. The molecule has 0 unspecified atom stereocenters. The molecule has 3 heteroatoms. The van der Waals surface area contributed by atoms with Crippen molar-refractivity contribution in [3.63, 3.8) is 0 Å². The Hall–Kier alpha value is -2.13. The number of nitrogens with two attached hydrogens (primary N) is 1. The summed E-state index contributed by atoms with van der Waals surface area (Å²) in [6.45, 7) is 16.5. The van der Waals surface area contributed by atoms with E-state index in [0.717, 1.165) is 16.7 Å². The first-order valence-electron chi connectivity index (χ1n) is 10.2. The first kappa shape index (κ1) is 29.6. The molecule has 0 aliphatic rings. The number of nitrogens with zero attached hydrogens (tertiary/aromatic N) is 1. The van der Waals surface area contributed by atoms with Gasteiger partial charge in [0.2, 0.25) is 0 Å². The van der Waals surface area contributed by atoms with Crippen molar-refractivity contribution in [2.75, 3.05) is 14.1 Å². The molecule has 2 N–H and O–H groups in total. The number of carbonyl (C=O) groups excluding carboxylic acids is 1. The molecule has 0 aliphatic heterocycles. The molecule has 154 valence electrons. The monoisotopic (exact) mass is 374 g/mol. The summed E-state index contributed by atoms with van der Waals surface area (Å²) in [4.78, 5) is 13.8. The maximum Gasteiger partial charge on any atom is 0.253 e. The lowest BCUT2D eigenvalue weighted by Crippen LogP contribution is -2.22. The largest absolute Gasteiger partial charge is 0.345 e. The maximum absolute atomic E-state index is 12.2. The summed E-state index contributed by atoms with van der Waals surface area (Å²) in [6.07, 6.45) is 0. The quantitative estimate of drug-likeness (QED) is 0.656. The van der Waals surface area contributed by atoms with Crippen LogP contribution in [0.4, 0.5) is 0 Å². The fourth-order valence-corrected chi connectivity index (χ4v) is 2.11. The predicted molar refractivity (Wildman–Crippen MR) is 123 cm³/mol. The van der Waals surface area contributed by atoms with Crippen LogP contribution in [0.1, 0.15) is 71.3 Å². The third kappa shape index (κ3) is 9.95. The van der Waals surface area contributed by atoms with Gasteiger partial charge in [-0.15, -0.1) is 0 Å². The molecule has 0 bridgehead atoms. The van der Waals surface area contributed by atoms with Gasteiger partial charge in [-0.25, -0.2) is 0 Å². The fourth-order valence-electron chi connectivity index (χ4n) is 2.11. The topological polar surface area (TPSA) is 46.3 Å². The van der Waals surface area contributed by atoms with Crippen LogP contribution in [-0.2, 0) is 6.54 Å². The molecule has 2 rings (SSSR count). The van der Waals surface area contributed by atoms with Gasteiger partial charge in [-0.1, -0.05) is 97.9 Å². The SMILES string of the molecule is CC.CC.CC.CC.CN(C)C(=O)c1ccccc1-c1ccccc1CN. The fraction of sp³-hybridized carbons (Fsp3) is 0.458. The van der Waals surface area contributed by atoms with E-state index in [1.54, 1.807) is 19.0 Å². The first-order chi connectivity index (χ1) is 13.1. The van der Waals surface area contributed by atoms with Crippen LogP contribution in [0.15, 0.2) is 48.5 Å². The Labute approximate surface area is 168 Å². The molecule has 27 heavy (non-hydrogen) atoms. The van der Waals surface area contributed by atoms with Crippen molar-refractivity contribution < 1.29 is 4.79 Å². The van der Waals surface area contributed by atoms with Gasteiger partial charge in [0.25, 0.3) is 5.91 Å². The van der Waals surface area contributed by atoms with E-state index in [-0.39, 0.29) is 5.91 Å². The van der Waals surface area contributed by atoms with Crippen molar-refractivity contribution in [1.82, 2.24) is 4.90 Å². The number of carbonyl (C=O) groups is 1. The lowest BCUT2D eigenvalue weighted by molar-refractivity contribution is 0.0828. The number of amides is 1. The molecule has 0 heterocycles. The van der Waals surface area contributed by atoms with Crippen molar-refractivity contribution in [1.29, 1.82) is 0 Å². The molecule has 0 saturated heterocycles. The van der Waals surface area contributed by atoms with Crippen molar-refractivity contribution in [3.05, 3.63) is 59.7 Å². The van der Waals surface area contributed by atoms with E-state index < -0.39 is 0 Å². The Morgan fingerprint density at radius 3 is 1.59 bits per heavy atom. The van der Waals surface area contributed by atoms with Gasteiger partial charge >= 0.3 is 0 Å². The Balaban J connectivity index is -0.000000638. The van der Waals surface area contributed by atoms with Gasteiger partial charge in [-0.05, 0) is 22.8 Å². The highest BCUT2D eigenvalue weighted by molar-refractivity contribution is 6.00. The molecule has 0 fully saturated rings. The third-order valence-electron chi connectivity index (χ3n) is 3.09. The molecule has 1 amide bonds. The van der Waals surface area contributed by atoms with Crippen LogP contribution in [0.5, 0.6) is 0 Å². The first-order valence-corrected chi connectivity index (χ1v) is 10.2. The number of hydrogen-bond donors (Lipinski definition) is 1. The molecule has 3 nitrogen and oxygen atoms in total.